The van der Waals surface area contributed by atoms with Crippen LogP contribution in [0.4, 0.5) is 9.39 Å². The van der Waals surface area contributed by atoms with Gasteiger partial charge in [0.25, 0.3) is 0 Å². The highest BCUT2D eigenvalue weighted by molar-refractivity contribution is 7.23. The van der Waals surface area contributed by atoms with Crippen LogP contribution in [-0.2, 0) is 4.74 Å². The maximum Gasteiger partial charge on any atom is 0.199 e. The van der Waals surface area contributed by atoms with Crippen LogP contribution in [0.1, 0.15) is 89.1 Å². The van der Waals surface area contributed by atoms with E-state index in [-0.39, 0.29) is 11.9 Å². The average molecular weight is 608 g/mol. The fourth-order valence-corrected chi connectivity index (χ4v) is 8.32. The van der Waals surface area contributed by atoms with E-state index in [0.29, 0.717) is 46.2 Å². The number of hydrogen-bond donors (Lipinski definition) is 2. The van der Waals surface area contributed by atoms with Gasteiger partial charge in [0.2, 0.25) is 0 Å². The van der Waals surface area contributed by atoms with Gasteiger partial charge in [0.05, 0.1) is 23.7 Å². The molecule has 0 aromatic carbocycles. The average Bonchev–Trinajstić information content (AvgIpc) is 3.71. The molecule has 4 atom stereocenters. The number of nitrogens with one attached hydrogen (secondary N) is 1. The van der Waals surface area contributed by atoms with Crippen molar-refractivity contribution in [1.82, 2.24) is 10.2 Å². The standard InChI is InChI=1S/C33H43FN5OPS/c1-6-9-10-11-25-19(5)12-13-39(25)33-37-15-21-22-16-40-17-23(22)27(30(41)29(21)38-33)26(18(4)7-2)28-20(14-35)32(36)42-31(28)24(34)8-3/h8,15,19,25,29H,6-7,9-13,16-17,36,41H2,1-5H3,(H,37,38)/b24-8+,26-18+. The van der Waals surface area contributed by atoms with Gasteiger partial charge in [-0.25, -0.2) is 9.38 Å². The lowest BCUT2D eigenvalue weighted by Crippen LogP contribution is -2.46. The molecule has 0 bridgehead atoms. The Balaban J connectivity index is 1.66. The Morgan fingerprint density at radius 1 is 1.33 bits per heavy atom. The number of nitrogens with zero attached hydrogens (tertiary/aromatic N) is 3. The highest BCUT2D eigenvalue weighted by Crippen LogP contribution is 2.52. The van der Waals surface area contributed by atoms with E-state index in [9.17, 15) is 5.26 Å². The molecule has 4 unspecified atom stereocenters. The molecule has 224 valence electrons. The first kappa shape index (κ1) is 30.7. The van der Waals surface area contributed by atoms with Crippen LogP contribution in [0.25, 0.3) is 11.4 Å². The number of guanidine groups is 1. The number of anilines is 1. The summed E-state index contributed by atoms with van der Waals surface area (Å²) in [5, 5.41) is 15.1. The van der Waals surface area contributed by atoms with Crippen LogP contribution in [0.2, 0.25) is 0 Å². The quantitative estimate of drug-likeness (QED) is 0.234. The number of likely N-dealkylation sites (tertiary alicyclic amines) is 1. The van der Waals surface area contributed by atoms with E-state index in [2.05, 4.69) is 59.4 Å². The molecule has 3 N–H and O–H groups in total. The number of halogens is 1. The van der Waals surface area contributed by atoms with Gasteiger partial charge in [-0.2, -0.15) is 5.26 Å². The first-order valence-electron chi connectivity index (χ1n) is 15.2. The normalized spacial score (nSPS) is 24.7. The van der Waals surface area contributed by atoms with Crippen LogP contribution >= 0.6 is 20.6 Å². The molecule has 0 spiro atoms. The zero-order chi connectivity index (χ0) is 30.1. The molecular weight excluding hydrogens is 564 g/mol. The number of unbranched alkanes of at least 4 members (excludes halogenated alkanes) is 2. The highest BCUT2D eigenvalue weighted by atomic mass is 32.1. The highest BCUT2D eigenvalue weighted by Gasteiger charge is 2.41. The predicted molar refractivity (Wildman–Crippen MR) is 177 cm³/mol. The lowest BCUT2D eigenvalue weighted by Gasteiger charge is -2.36. The number of thiophene rings is 1. The number of nitriles is 1. The third kappa shape index (κ3) is 5.29. The Bertz CT molecular complexity index is 1490. The third-order valence-corrected chi connectivity index (χ3v) is 10.9. The topological polar surface area (TPSA) is 86.7 Å². The van der Waals surface area contributed by atoms with Crippen LogP contribution in [0.3, 0.4) is 0 Å². The van der Waals surface area contributed by atoms with Crippen molar-refractivity contribution in [3.63, 3.8) is 0 Å². The second-order valence-electron chi connectivity index (χ2n) is 11.7. The van der Waals surface area contributed by atoms with Gasteiger partial charge in [0.1, 0.15) is 22.9 Å². The summed E-state index contributed by atoms with van der Waals surface area (Å²) in [6, 6.07) is 2.54. The zero-order valence-electron chi connectivity index (χ0n) is 25.4. The summed E-state index contributed by atoms with van der Waals surface area (Å²) >= 11 is 1.14. The smallest absolute Gasteiger partial charge is 0.199 e. The summed E-state index contributed by atoms with van der Waals surface area (Å²) in [5.74, 6) is 1.17. The molecule has 1 aromatic heterocycles. The molecular formula is C33H43FN5OPS. The van der Waals surface area contributed by atoms with Crippen molar-refractivity contribution in [1.29, 1.82) is 5.26 Å². The summed E-state index contributed by atoms with van der Waals surface area (Å²) in [6.07, 6.45) is 10.3. The minimum atomic E-state index is -0.372. The van der Waals surface area contributed by atoms with Crippen molar-refractivity contribution >= 4 is 42.9 Å². The van der Waals surface area contributed by atoms with Gasteiger partial charge in [-0.15, -0.1) is 20.6 Å². The molecule has 0 amide bonds. The number of hydrogen-bond acceptors (Lipinski definition) is 7. The molecule has 1 saturated heterocycles. The molecule has 6 nitrogen and oxygen atoms in total. The van der Waals surface area contributed by atoms with Crippen LogP contribution < -0.4 is 11.1 Å². The molecule has 3 aliphatic heterocycles. The minimum absolute atomic E-state index is 0.218. The van der Waals surface area contributed by atoms with E-state index in [1.54, 1.807) is 6.92 Å². The first-order valence-corrected chi connectivity index (χ1v) is 16.6. The molecule has 0 saturated carbocycles. The van der Waals surface area contributed by atoms with Gasteiger partial charge in [-0.05, 0) is 66.6 Å². The molecule has 4 heterocycles. The van der Waals surface area contributed by atoms with E-state index in [0.717, 1.165) is 75.4 Å². The molecule has 9 heteroatoms. The Morgan fingerprint density at radius 2 is 2.10 bits per heavy atom. The zero-order valence-corrected chi connectivity index (χ0v) is 27.4. The van der Waals surface area contributed by atoms with E-state index in [1.807, 2.05) is 0 Å². The molecule has 0 radical (unpaired) electrons. The molecule has 1 aromatic rings. The van der Waals surface area contributed by atoms with Crippen molar-refractivity contribution < 1.29 is 9.13 Å². The van der Waals surface area contributed by atoms with Crippen molar-refractivity contribution in [3.05, 3.63) is 61.5 Å². The van der Waals surface area contributed by atoms with Gasteiger partial charge in [-0.3, -0.25) is 0 Å². The van der Waals surface area contributed by atoms with E-state index in [1.165, 1.54) is 31.8 Å². The summed E-state index contributed by atoms with van der Waals surface area (Å²) < 4.78 is 21.4. The summed E-state index contributed by atoms with van der Waals surface area (Å²) in [7, 11) is 2.98. The SMILES string of the molecule is C/C=C(/F)c1sc(N)c(C#N)c1/C(C1=C(P)C2N=C(N3CCC(C)C3CCCCC)NC=C2C2=C1COC2)=C(\C)CC. The van der Waals surface area contributed by atoms with Crippen LogP contribution in [0, 0.1) is 17.2 Å². The largest absolute Gasteiger partial charge is 0.389 e. The first-order chi connectivity index (χ1) is 20.3. The van der Waals surface area contributed by atoms with Crippen molar-refractivity contribution in [3.8, 4) is 6.07 Å². The minimum Gasteiger partial charge on any atom is -0.389 e. The number of aliphatic imine (C=N–C) groups is 1. The predicted octanol–water partition coefficient (Wildman–Crippen LogP) is 7.69. The molecule has 4 aliphatic rings. The summed E-state index contributed by atoms with van der Waals surface area (Å²) in [6.45, 7) is 12.4. The van der Waals surface area contributed by atoms with Gasteiger partial charge in [-0.1, -0.05) is 51.7 Å². The van der Waals surface area contributed by atoms with Gasteiger partial charge in [0, 0.05) is 29.9 Å². The number of nitrogen functional groups attached to an aromatic ring is 1. The molecule has 5 rings (SSSR count). The van der Waals surface area contributed by atoms with Crippen LogP contribution in [0.5, 0.6) is 0 Å². The Kier molecular flexibility index (Phi) is 9.42. The molecule has 1 aliphatic carbocycles. The maximum absolute atomic E-state index is 15.4. The van der Waals surface area contributed by atoms with Gasteiger partial charge < -0.3 is 20.7 Å². The number of fused-ring (bicyclic) bond motifs is 2. The van der Waals surface area contributed by atoms with Crippen molar-refractivity contribution in [2.75, 3.05) is 25.5 Å². The van der Waals surface area contributed by atoms with Crippen LogP contribution in [-0.4, -0.2) is 42.7 Å². The summed E-state index contributed by atoms with van der Waals surface area (Å²) in [5.41, 5.74) is 13.5. The molecule has 42 heavy (non-hydrogen) atoms. The van der Waals surface area contributed by atoms with Crippen molar-refractivity contribution in [2.24, 2.45) is 10.9 Å². The summed E-state index contributed by atoms with van der Waals surface area (Å²) in [4.78, 5) is 8.25. The second kappa shape index (κ2) is 12.9. The number of ether oxygens (including phenoxy) is 1. The second-order valence-corrected chi connectivity index (χ2v) is 13.4. The number of nitrogens with two attached hydrogens (primary N) is 1. The van der Waals surface area contributed by atoms with E-state index in [4.69, 9.17) is 15.5 Å². The van der Waals surface area contributed by atoms with E-state index >= 15 is 4.39 Å². The number of allylic oxidation sites excluding steroid dienone is 3. The lowest BCUT2D eigenvalue weighted by molar-refractivity contribution is 0.206. The lowest BCUT2D eigenvalue weighted by atomic mass is 9.78. The van der Waals surface area contributed by atoms with Gasteiger partial charge in [0.15, 0.2) is 5.96 Å². The Labute approximate surface area is 256 Å². The van der Waals surface area contributed by atoms with Crippen LogP contribution in [0.15, 0.2) is 50.4 Å². The molecule has 1 fully saturated rings. The third-order valence-electron chi connectivity index (χ3n) is 9.23. The van der Waals surface area contributed by atoms with Gasteiger partial charge >= 0.3 is 0 Å². The fourth-order valence-electron chi connectivity index (χ4n) is 6.75. The Hall–Kier alpha value is -2.72. The Morgan fingerprint density at radius 3 is 2.79 bits per heavy atom. The number of rotatable bonds is 8. The fraction of sp³-hybridized carbons (Fsp3) is 0.515. The van der Waals surface area contributed by atoms with Crippen molar-refractivity contribution in [2.45, 2.75) is 85.2 Å². The maximum atomic E-state index is 15.4. The van der Waals surface area contributed by atoms with E-state index < -0.39 is 0 Å². The monoisotopic (exact) mass is 607 g/mol.